The van der Waals surface area contributed by atoms with Gasteiger partial charge in [-0.2, -0.15) is 5.10 Å². The van der Waals surface area contributed by atoms with E-state index in [4.69, 9.17) is 4.84 Å². The summed E-state index contributed by atoms with van der Waals surface area (Å²) in [5.41, 5.74) is 7.25. The molecule has 0 aliphatic carbocycles. The molecule has 5 heteroatoms. The Morgan fingerprint density at radius 1 is 1.13 bits per heavy atom. The molecule has 0 bridgehead atoms. The molecule has 1 aromatic carbocycles. The minimum Gasteiger partial charge on any atom is -0.395 e. The molecule has 5 nitrogen and oxygen atoms in total. The van der Waals surface area contributed by atoms with Gasteiger partial charge in [0.1, 0.15) is 6.61 Å². The summed E-state index contributed by atoms with van der Waals surface area (Å²) in [6.45, 7) is 10.4. The highest BCUT2D eigenvalue weighted by Gasteiger charge is 2.24. The first-order chi connectivity index (χ1) is 10.9. The summed E-state index contributed by atoms with van der Waals surface area (Å²) in [4.78, 5) is 18.1. The van der Waals surface area contributed by atoms with Crippen molar-refractivity contribution in [2.45, 2.75) is 41.0 Å². The van der Waals surface area contributed by atoms with Gasteiger partial charge in [0.2, 0.25) is 0 Å². The monoisotopic (exact) mass is 311 g/mol. The average Bonchev–Trinajstić information content (AvgIpc) is 3.05. The van der Waals surface area contributed by atoms with Gasteiger partial charge >= 0.3 is 0 Å². The normalized spacial score (nSPS) is 13.9. The van der Waals surface area contributed by atoms with Gasteiger partial charge < -0.3 is 4.84 Å². The van der Waals surface area contributed by atoms with Gasteiger partial charge in [-0.05, 0) is 45.7 Å². The Morgan fingerprint density at radius 3 is 2.35 bits per heavy atom. The molecule has 0 fully saturated rings. The van der Waals surface area contributed by atoms with Crippen LogP contribution in [0.1, 0.15) is 50.4 Å². The van der Waals surface area contributed by atoms with E-state index in [0.717, 1.165) is 51.3 Å². The van der Waals surface area contributed by atoms with Crippen LogP contribution in [0.3, 0.4) is 0 Å². The maximum absolute atomic E-state index is 13.0. The second-order valence-corrected chi connectivity index (χ2v) is 6.16. The molecule has 120 valence electrons. The number of carbonyl (C=O) groups excluding carboxylic acids is 1. The first-order valence-electron chi connectivity index (χ1n) is 7.78. The first-order valence-corrected chi connectivity index (χ1v) is 7.78. The van der Waals surface area contributed by atoms with E-state index in [1.807, 2.05) is 46.8 Å². The number of oxime groups is 1. The van der Waals surface area contributed by atoms with Crippen molar-refractivity contribution in [2.24, 2.45) is 5.16 Å². The number of hydrogen-bond donors (Lipinski definition) is 0. The lowest BCUT2D eigenvalue weighted by Gasteiger charge is -2.11. The van der Waals surface area contributed by atoms with Crippen molar-refractivity contribution < 1.29 is 9.63 Å². The lowest BCUT2D eigenvalue weighted by molar-refractivity contribution is 0.0941. The average molecular weight is 311 g/mol. The highest BCUT2D eigenvalue weighted by molar-refractivity contribution is 6.05. The third-order valence-corrected chi connectivity index (χ3v) is 4.27. The standard InChI is InChI=1S/C18H21N3O2/c1-10-8-11(2)16(12(3)9-10)18(22)21-14(5)17(13(4)19-21)15-6-7-23-20-15/h8-9H,6-7H2,1-5H3. The van der Waals surface area contributed by atoms with E-state index >= 15 is 0 Å². The van der Waals surface area contributed by atoms with Gasteiger partial charge in [-0.3, -0.25) is 4.79 Å². The van der Waals surface area contributed by atoms with E-state index in [9.17, 15) is 4.79 Å². The Hall–Kier alpha value is -2.43. The quantitative estimate of drug-likeness (QED) is 0.855. The lowest BCUT2D eigenvalue weighted by atomic mass is 9.99. The third kappa shape index (κ3) is 2.56. The van der Waals surface area contributed by atoms with Crippen molar-refractivity contribution >= 4 is 11.6 Å². The summed E-state index contributed by atoms with van der Waals surface area (Å²) in [5.74, 6) is -0.0913. The fourth-order valence-electron chi connectivity index (χ4n) is 3.36. The molecule has 0 amide bonds. The molecular weight excluding hydrogens is 290 g/mol. The van der Waals surface area contributed by atoms with Crippen molar-refractivity contribution in [3.05, 3.63) is 51.3 Å². The van der Waals surface area contributed by atoms with Crippen LogP contribution in [0.25, 0.3) is 0 Å². The molecule has 1 aromatic heterocycles. The Bertz CT molecular complexity index is 808. The van der Waals surface area contributed by atoms with Crippen molar-refractivity contribution in [1.29, 1.82) is 0 Å². The zero-order chi connectivity index (χ0) is 16.7. The molecule has 0 radical (unpaired) electrons. The van der Waals surface area contributed by atoms with Crippen LogP contribution in [-0.2, 0) is 4.84 Å². The predicted molar refractivity (Wildman–Crippen MR) is 89.2 cm³/mol. The molecule has 0 spiro atoms. The summed E-state index contributed by atoms with van der Waals surface area (Å²) >= 11 is 0. The number of nitrogens with zero attached hydrogens (tertiary/aromatic N) is 3. The zero-order valence-corrected chi connectivity index (χ0v) is 14.2. The SMILES string of the molecule is Cc1cc(C)c(C(=O)n2nc(C)c(C3=NOCC3)c2C)c(C)c1. The minimum atomic E-state index is -0.0913. The van der Waals surface area contributed by atoms with Gasteiger partial charge in [0.05, 0.1) is 17.1 Å². The fraction of sp³-hybridized carbons (Fsp3) is 0.389. The molecule has 2 heterocycles. The summed E-state index contributed by atoms with van der Waals surface area (Å²) in [6, 6.07) is 4.06. The number of rotatable bonds is 2. The van der Waals surface area contributed by atoms with Crippen molar-refractivity contribution in [2.75, 3.05) is 6.61 Å². The van der Waals surface area contributed by atoms with E-state index in [0.29, 0.717) is 6.61 Å². The number of carbonyl (C=O) groups is 1. The molecule has 0 unspecified atom stereocenters. The molecular formula is C18H21N3O2. The molecule has 1 aliphatic rings. The number of hydrogen-bond acceptors (Lipinski definition) is 4. The molecule has 0 saturated heterocycles. The van der Waals surface area contributed by atoms with Gasteiger partial charge in [-0.15, -0.1) is 0 Å². The van der Waals surface area contributed by atoms with Crippen LogP contribution in [0.15, 0.2) is 17.3 Å². The van der Waals surface area contributed by atoms with Crippen LogP contribution in [0.2, 0.25) is 0 Å². The summed E-state index contributed by atoms with van der Waals surface area (Å²) in [5, 5.41) is 8.54. The van der Waals surface area contributed by atoms with E-state index in [2.05, 4.69) is 10.3 Å². The van der Waals surface area contributed by atoms with Crippen LogP contribution in [-0.4, -0.2) is 28.0 Å². The summed E-state index contributed by atoms with van der Waals surface area (Å²) < 4.78 is 1.50. The van der Waals surface area contributed by atoms with Crippen LogP contribution in [0.5, 0.6) is 0 Å². The molecule has 0 N–H and O–H groups in total. The van der Waals surface area contributed by atoms with Gasteiger partial charge in [0, 0.05) is 17.5 Å². The number of aryl methyl sites for hydroxylation is 4. The first kappa shape index (κ1) is 15.5. The van der Waals surface area contributed by atoms with Crippen molar-refractivity contribution in [1.82, 2.24) is 9.78 Å². The van der Waals surface area contributed by atoms with E-state index < -0.39 is 0 Å². The lowest BCUT2D eigenvalue weighted by Crippen LogP contribution is -2.18. The zero-order valence-electron chi connectivity index (χ0n) is 14.2. The molecule has 3 rings (SSSR count). The maximum Gasteiger partial charge on any atom is 0.278 e. The van der Waals surface area contributed by atoms with Crippen molar-refractivity contribution in [3.63, 3.8) is 0 Å². The predicted octanol–water partition coefficient (Wildman–Crippen LogP) is 3.24. The molecule has 0 atom stereocenters. The highest BCUT2D eigenvalue weighted by Crippen LogP contribution is 2.22. The Morgan fingerprint density at radius 2 is 1.78 bits per heavy atom. The van der Waals surface area contributed by atoms with Crippen LogP contribution >= 0.6 is 0 Å². The smallest absolute Gasteiger partial charge is 0.278 e. The molecule has 23 heavy (non-hydrogen) atoms. The second-order valence-electron chi connectivity index (χ2n) is 6.16. The van der Waals surface area contributed by atoms with E-state index in [1.54, 1.807) is 0 Å². The number of benzene rings is 1. The summed E-state index contributed by atoms with van der Waals surface area (Å²) in [7, 11) is 0. The maximum atomic E-state index is 13.0. The van der Waals surface area contributed by atoms with Crippen LogP contribution < -0.4 is 0 Å². The molecule has 1 aliphatic heterocycles. The Labute approximate surface area is 135 Å². The topological polar surface area (TPSA) is 56.5 Å². The molecule has 0 saturated carbocycles. The van der Waals surface area contributed by atoms with Gasteiger partial charge in [-0.1, -0.05) is 22.9 Å². The fourth-order valence-corrected chi connectivity index (χ4v) is 3.36. The van der Waals surface area contributed by atoms with Crippen LogP contribution in [0.4, 0.5) is 0 Å². The number of aromatic nitrogens is 2. The largest absolute Gasteiger partial charge is 0.395 e. The van der Waals surface area contributed by atoms with Gasteiger partial charge in [-0.25, -0.2) is 4.68 Å². The molecule has 2 aromatic rings. The van der Waals surface area contributed by atoms with Crippen molar-refractivity contribution in [3.8, 4) is 0 Å². The van der Waals surface area contributed by atoms with Crippen LogP contribution in [0, 0.1) is 34.6 Å². The Balaban J connectivity index is 2.10. The Kier molecular flexibility index (Phi) is 3.80. The van der Waals surface area contributed by atoms with Gasteiger partial charge in [0.15, 0.2) is 0 Å². The second kappa shape index (κ2) is 5.65. The van der Waals surface area contributed by atoms with E-state index in [-0.39, 0.29) is 5.91 Å². The van der Waals surface area contributed by atoms with Gasteiger partial charge in [0.25, 0.3) is 5.91 Å². The summed E-state index contributed by atoms with van der Waals surface area (Å²) in [6.07, 6.45) is 0.754. The minimum absolute atomic E-state index is 0.0913. The highest BCUT2D eigenvalue weighted by atomic mass is 16.6. The van der Waals surface area contributed by atoms with E-state index in [1.165, 1.54) is 4.68 Å². The third-order valence-electron chi connectivity index (χ3n) is 4.27.